The molecule has 102 valence electrons. The number of methoxy groups -OCH3 is 2. The first-order chi connectivity index (χ1) is 7.80. The second-order valence-electron chi connectivity index (χ2n) is 3.62. The van der Waals surface area contributed by atoms with Crippen molar-refractivity contribution in [2.24, 2.45) is 0 Å². The minimum Gasteiger partial charge on any atom is -0.376 e. The Bertz CT molecular complexity index is 341. The highest BCUT2D eigenvalue weighted by Gasteiger charge is 2.47. The van der Waals surface area contributed by atoms with Crippen molar-refractivity contribution >= 4 is 10.4 Å². The number of aliphatic hydroxyl groups excluding tert-OH is 1. The number of hydrogen-bond acceptors (Lipinski definition) is 7. The van der Waals surface area contributed by atoms with Gasteiger partial charge in [-0.25, -0.2) is 4.18 Å². The Kier molecular flexibility index (Phi) is 4.84. The van der Waals surface area contributed by atoms with Gasteiger partial charge in [0.05, 0.1) is 6.10 Å². The van der Waals surface area contributed by atoms with Gasteiger partial charge in [-0.05, 0) is 6.92 Å². The molecule has 0 aromatic rings. The first-order valence-corrected chi connectivity index (χ1v) is 6.21. The molecule has 0 saturated carbocycles. The van der Waals surface area contributed by atoms with Crippen LogP contribution in [0.3, 0.4) is 0 Å². The summed E-state index contributed by atoms with van der Waals surface area (Å²) in [6.45, 7) is 1.63. The van der Waals surface area contributed by atoms with Crippen LogP contribution in [0.1, 0.15) is 6.92 Å². The van der Waals surface area contributed by atoms with Crippen LogP contribution < -0.4 is 0 Å². The molecular formula is C8H16O8S. The van der Waals surface area contributed by atoms with E-state index in [0.29, 0.717) is 0 Å². The predicted octanol–water partition coefficient (Wildman–Crippen LogP) is -1.06. The quantitative estimate of drug-likeness (QED) is 0.623. The van der Waals surface area contributed by atoms with Crippen molar-refractivity contribution in [2.45, 2.75) is 37.6 Å². The first kappa shape index (κ1) is 14.8. The van der Waals surface area contributed by atoms with E-state index >= 15 is 0 Å². The molecule has 0 bridgehead atoms. The molecule has 0 unspecified atom stereocenters. The van der Waals surface area contributed by atoms with E-state index in [4.69, 9.17) is 18.8 Å². The van der Waals surface area contributed by atoms with Crippen molar-refractivity contribution in [2.75, 3.05) is 14.2 Å². The molecule has 1 heterocycles. The second-order valence-corrected chi connectivity index (χ2v) is 4.67. The van der Waals surface area contributed by atoms with Crippen LogP contribution in [0.15, 0.2) is 0 Å². The van der Waals surface area contributed by atoms with E-state index < -0.39 is 41.1 Å². The summed E-state index contributed by atoms with van der Waals surface area (Å²) in [5.74, 6) is 0. The van der Waals surface area contributed by atoms with Gasteiger partial charge in [0, 0.05) is 14.2 Å². The summed E-state index contributed by atoms with van der Waals surface area (Å²) in [5, 5.41) is 9.56. The molecule has 0 aromatic heterocycles. The van der Waals surface area contributed by atoms with E-state index in [9.17, 15) is 13.5 Å². The van der Waals surface area contributed by atoms with Crippen molar-refractivity contribution in [1.29, 1.82) is 0 Å². The average molecular weight is 272 g/mol. The summed E-state index contributed by atoms with van der Waals surface area (Å²) in [7, 11) is -2.03. The van der Waals surface area contributed by atoms with E-state index in [0.717, 1.165) is 0 Å². The van der Waals surface area contributed by atoms with E-state index in [1.165, 1.54) is 14.2 Å². The maximum Gasteiger partial charge on any atom is 0.397 e. The molecule has 0 spiro atoms. The molecule has 1 rings (SSSR count). The maximum atomic E-state index is 10.7. The van der Waals surface area contributed by atoms with Crippen LogP contribution in [0.2, 0.25) is 0 Å². The average Bonchev–Trinajstić information content (AvgIpc) is 2.19. The third kappa shape index (κ3) is 3.58. The van der Waals surface area contributed by atoms with Gasteiger partial charge < -0.3 is 19.3 Å². The minimum absolute atomic E-state index is 0.513. The van der Waals surface area contributed by atoms with Gasteiger partial charge in [0.1, 0.15) is 12.2 Å². The van der Waals surface area contributed by atoms with Gasteiger partial charge in [-0.1, -0.05) is 0 Å². The van der Waals surface area contributed by atoms with Crippen LogP contribution in [0, 0.1) is 0 Å². The van der Waals surface area contributed by atoms with Gasteiger partial charge >= 0.3 is 10.4 Å². The molecule has 8 nitrogen and oxygen atoms in total. The topological polar surface area (TPSA) is 112 Å². The van der Waals surface area contributed by atoms with Gasteiger partial charge in [0.2, 0.25) is 0 Å². The van der Waals surface area contributed by atoms with Crippen LogP contribution in [0.25, 0.3) is 0 Å². The lowest BCUT2D eigenvalue weighted by Gasteiger charge is -2.41. The summed E-state index contributed by atoms with van der Waals surface area (Å²) in [6, 6.07) is 0. The fourth-order valence-corrected chi connectivity index (χ4v) is 2.31. The summed E-state index contributed by atoms with van der Waals surface area (Å²) >= 11 is 0. The van der Waals surface area contributed by atoms with Crippen molar-refractivity contribution in [3.05, 3.63) is 0 Å². The zero-order chi connectivity index (χ0) is 13.2. The standard InChI is InChI=1S/C8H16O8S/c1-4-5(13-2)6(14-3)7(8(9)15-4)16-17(10,11)12/h4-9H,1-3H3,(H,10,11,12)/t4-,5-,6+,7+,8+/m0/s1. The molecule has 1 aliphatic heterocycles. The number of hydrogen-bond donors (Lipinski definition) is 2. The van der Waals surface area contributed by atoms with Gasteiger partial charge in [-0.15, -0.1) is 0 Å². The molecule has 0 aliphatic carbocycles. The maximum absolute atomic E-state index is 10.7. The highest BCUT2D eigenvalue weighted by atomic mass is 32.3. The van der Waals surface area contributed by atoms with E-state index in [1.54, 1.807) is 6.92 Å². The summed E-state index contributed by atoms with van der Waals surface area (Å²) in [6.07, 6.45) is -4.96. The normalized spacial score (nSPS) is 39.2. The third-order valence-corrected chi connectivity index (χ3v) is 2.99. The zero-order valence-corrected chi connectivity index (χ0v) is 10.5. The highest BCUT2D eigenvalue weighted by Crippen LogP contribution is 2.26. The Labute approximate surface area is 99.4 Å². The fraction of sp³-hybridized carbons (Fsp3) is 1.00. The molecule has 1 aliphatic rings. The first-order valence-electron chi connectivity index (χ1n) is 4.85. The second kappa shape index (κ2) is 5.57. The zero-order valence-electron chi connectivity index (χ0n) is 9.64. The smallest absolute Gasteiger partial charge is 0.376 e. The predicted molar refractivity (Wildman–Crippen MR) is 54.6 cm³/mol. The Morgan fingerprint density at radius 2 is 1.65 bits per heavy atom. The molecule has 5 atom stereocenters. The van der Waals surface area contributed by atoms with E-state index in [-0.39, 0.29) is 0 Å². The molecular weight excluding hydrogens is 256 g/mol. The molecule has 0 radical (unpaired) electrons. The minimum atomic E-state index is -4.72. The lowest BCUT2D eigenvalue weighted by atomic mass is 9.99. The number of aliphatic hydroxyl groups is 1. The highest BCUT2D eigenvalue weighted by molar-refractivity contribution is 7.80. The third-order valence-electron chi connectivity index (χ3n) is 2.52. The SMILES string of the molecule is CO[C@@H]1[C@@H](OC)[C@H](C)O[C@@H](O)[C@@H]1OS(=O)(=O)O. The number of rotatable bonds is 4. The van der Waals surface area contributed by atoms with E-state index in [2.05, 4.69) is 4.18 Å². The molecule has 2 N–H and O–H groups in total. The van der Waals surface area contributed by atoms with E-state index in [1.807, 2.05) is 0 Å². The largest absolute Gasteiger partial charge is 0.397 e. The van der Waals surface area contributed by atoms with Gasteiger partial charge in [-0.3, -0.25) is 4.55 Å². The van der Waals surface area contributed by atoms with Gasteiger partial charge in [0.25, 0.3) is 0 Å². The van der Waals surface area contributed by atoms with Gasteiger partial charge in [0.15, 0.2) is 12.4 Å². The monoisotopic (exact) mass is 272 g/mol. The van der Waals surface area contributed by atoms with Crippen molar-refractivity contribution in [1.82, 2.24) is 0 Å². The Morgan fingerprint density at radius 3 is 2.06 bits per heavy atom. The Morgan fingerprint density at radius 1 is 1.12 bits per heavy atom. The summed E-state index contributed by atoms with van der Waals surface area (Å²) in [4.78, 5) is 0. The van der Waals surface area contributed by atoms with Crippen molar-refractivity contribution < 1.29 is 36.5 Å². The summed E-state index contributed by atoms with van der Waals surface area (Å²) < 4.78 is 49.4. The summed E-state index contributed by atoms with van der Waals surface area (Å²) in [5.41, 5.74) is 0. The molecule has 1 fully saturated rings. The van der Waals surface area contributed by atoms with Crippen molar-refractivity contribution in [3.8, 4) is 0 Å². The van der Waals surface area contributed by atoms with Crippen molar-refractivity contribution in [3.63, 3.8) is 0 Å². The van der Waals surface area contributed by atoms with Crippen LogP contribution >= 0.6 is 0 Å². The fourth-order valence-electron chi connectivity index (χ4n) is 1.83. The lowest BCUT2D eigenvalue weighted by Crippen LogP contribution is -2.59. The number of ether oxygens (including phenoxy) is 3. The van der Waals surface area contributed by atoms with Crippen LogP contribution in [0.5, 0.6) is 0 Å². The molecule has 17 heavy (non-hydrogen) atoms. The molecule has 0 amide bonds. The van der Waals surface area contributed by atoms with Crippen LogP contribution in [-0.2, 0) is 28.8 Å². The van der Waals surface area contributed by atoms with Crippen LogP contribution in [-0.4, -0.2) is 63.0 Å². The van der Waals surface area contributed by atoms with Crippen LogP contribution in [0.4, 0.5) is 0 Å². The van der Waals surface area contributed by atoms with Gasteiger partial charge in [-0.2, -0.15) is 8.42 Å². The molecule has 9 heteroatoms. The lowest BCUT2D eigenvalue weighted by molar-refractivity contribution is -0.280. The molecule has 0 aromatic carbocycles. The Hall–Kier alpha value is -0.290. The molecule has 1 saturated heterocycles. The Balaban J connectivity index is 2.92.